The minimum atomic E-state index is -0.818. The molecule has 0 radical (unpaired) electrons. The number of nitrogens with one attached hydrogen (secondary N) is 2. The SMILES string of the molecule is NC(=O)OCCNC(=O)CC1CCCN1. The van der Waals surface area contributed by atoms with E-state index >= 15 is 0 Å². The number of hydrogen-bond donors (Lipinski definition) is 3. The van der Waals surface area contributed by atoms with Crippen LogP contribution in [0.2, 0.25) is 0 Å². The van der Waals surface area contributed by atoms with Crippen molar-refractivity contribution in [1.29, 1.82) is 0 Å². The van der Waals surface area contributed by atoms with Crippen LogP contribution in [-0.4, -0.2) is 37.7 Å². The molecule has 4 N–H and O–H groups in total. The summed E-state index contributed by atoms with van der Waals surface area (Å²) in [5.74, 6) is -0.0255. The highest BCUT2D eigenvalue weighted by Crippen LogP contribution is 2.07. The zero-order chi connectivity index (χ0) is 11.1. The third-order valence-electron chi connectivity index (χ3n) is 2.26. The third-order valence-corrected chi connectivity index (χ3v) is 2.26. The molecule has 15 heavy (non-hydrogen) atoms. The second kappa shape index (κ2) is 6.23. The van der Waals surface area contributed by atoms with Crippen molar-refractivity contribution >= 4 is 12.0 Å². The van der Waals surface area contributed by atoms with Gasteiger partial charge in [0.1, 0.15) is 6.61 Å². The summed E-state index contributed by atoms with van der Waals surface area (Å²) in [6.45, 7) is 1.43. The van der Waals surface area contributed by atoms with Crippen LogP contribution in [0.5, 0.6) is 0 Å². The lowest BCUT2D eigenvalue weighted by Gasteiger charge is -2.10. The molecule has 0 aliphatic carbocycles. The number of amides is 2. The number of carbonyl (C=O) groups is 2. The summed E-state index contributed by atoms with van der Waals surface area (Å²) in [5, 5.41) is 5.88. The highest BCUT2D eigenvalue weighted by Gasteiger charge is 2.17. The van der Waals surface area contributed by atoms with Gasteiger partial charge < -0.3 is 21.1 Å². The van der Waals surface area contributed by atoms with Crippen molar-refractivity contribution < 1.29 is 14.3 Å². The third kappa shape index (κ3) is 5.21. The number of ether oxygens (including phenoxy) is 1. The first-order chi connectivity index (χ1) is 7.18. The molecule has 0 saturated carbocycles. The first-order valence-electron chi connectivity index (χ1n) is 5.11. The van der Waals surface area contributed by atoms with Crippen LogP contribution in [0.25, 0.3) is 0 Å². The molecule has 1 fully saturated rings. The largest absolute Gasteiger partial charge is 0.448 e. The summed E-state index contributed by atoms with van der Waals surface area (Å²) < 4.78 is 4.47. The maximum atomic E-state index is 11.3. The maximum absolute atomic E-state index is 11.3. The van der Waals surface area contributed by atoms with Gasteiger partial charge in [0.2, 0.25) is 5.91 Å². The molecule has 0 aromatic heterocycles. The number of carbonyl (C=O) groups excluding carboxylic acids is 2. The van der Waals surface area contributed by atoms with E-state index in [4.69, 9.17) is 5.73 Å². The molecule has 6 nitrogen and oxygen atoms in total. The maximum Gasteiger partial charge on any atom is 0.404 e. The van der Waals surface area contributed by atoms with Crippen LogP contribution in [-0.2, 0) is 9.53 Å². The summed E-state index contributed by atoms with van der Waals surface area (Å²) in [5.41, 5.74) is 4.76. The fourth-order valence-corrected chi connectivity index (χ4v) is 1.57. The van der Waals surface area contributed by atoms with Crippen molar-refractivity contribution in [3.8, 4) is 0 Å². The molecule has 1 unspecified atom stereocenters. The Bertz CT molecular complexity index is 227. The lowest BCUT2D eigenvalue weighted by atomic mass is 10.1. The van der Waals surface area contributed by atoms with Gasteiger partial charge in [-0.3, -0.25) is 4.79 Å². The van der Waals surface area contributed by atoms with Crippen LogP contribution >= 0.6 is 0 Å². The predicted molar refractivity (Wildman–Crippen MR) is 54.2 cm³/mol. The molecule has 86 valence electrons. The molecule has 1 aliphatic rings. The van der Waals surface area contributed by atoms with Gasteiger partial charge in [0.25, 0.3) is 0 Å². The molecule has 1 saturated heterocycles. The molecular formula is C9H17N3O3. The Labute approximate surface area is 88.5 Å². The van der Waals surface area contributed by atoms with Crippen LogP contribution in [0.1, 0.15) is 19.3 Å². The van der Waals surface area contributed by atoms with Crippen LogP contribution in [0.15, 0.2) is 0 Å². The average Bonchev–Trinajstić information content (AvgIpc) is 2.64. The summed E-state index contributed by atoms with van der Waals surface area (Å²) >= 11 is 0. The van der Waals surface area contributed by atoms with Crippen molar-refractivity contribution in [2.45, 2.75) is 25.3 Å². The first kappa shape index (κ1) is 11.8. The summed E-state index contributed by atoms with van der Waals surface area (Å²) in [6.07, 6.45) is 1.84. The number of hydrogen-bond acceptors (Lipinski definition) is 4. The average molecular weight is 215 g/mol. The van der Waals surface area contributed by atoms with E-state index in [0.717, 1.165) is 19.4 Å². The summed E-state index contributed by atoms with van der Waals surface area (Å²) in [7, 11) is 0. The van der Waals surface area contributed by atoms with E-state index in [0.29, 0.717) is 19.0 Å². The van der Waals surface area contributed by atoms with E-state index in [1.165, 1.54) is 0 Å². The van der Waals surface area contributed by atoms with Gasteiger partial charge >= 0.3 is 6.09 Å². The Hall–Kier alpha value is -1.30. The molecular weight excluding hydrogens is 198 g/mol. The van der Waals surface area contributed by atoms with Crippen molar-refractivity contribution in [2.24, 2.45) is 5.73 Å². The van der Waals surface area contributed by atoms with Gasteiger partial charge in [-0.2, -0.15) is 0 Å². The summed E-state index contributed by atoms with van der Waals surface area (Å²) in [4.78, 5) is 21.5. The van der Waals surface area contributed by atoms with Crippen molar-refractivity contribution in [1.82, 2.24) is 10.6 Å². The fourth-order valence-electron chi connectivity index (χ4n) is 1.57. The normalized spacial score (nSPS) is 19.9. The van der Waals surface area contributed by atoms with E-state index in [9.17, 15) is 9.59 Å². The number of primary amides is 1. The Morgan fingerprint density at radius 1 is 1.53 bits per heavy atom. The molecule has 1 rings (SSSR count). The second-order valence-corrected chi connectivity index (χ2v) is 3.51. The van der Waals surface area contributed by atoms with Crippen LogP contribution in [0, 0.1) is 0 Å². The highest BCUT2D eigenvalue weighted by molar-refractivity contribution is 5.76. The second-order valence-electron chi connectivity index (χ2n) is 3.51. The van der Waals surface area contributed by atoms with Crippen molar-refractivity contribution in [3.05, 3.63) is 0 Å². The van der Waals surface area contributed by atoms with Crippen LogP contribution in [0.3, 0.4) is 0 Å². The van der Waals surface area contributed by atoms with Gasteiger partial charge in [-0.15, -0.1) is 0 Å². The van der Waals surface area contributed by atoms with Gasteiger partial charge in [0.05, 0.1) is 6.54 Å². The molecule has 0 bridgehead atoms. The molecule has 2 amide bonds. The van der Waals surface area contributed by atoms with E-state index in [-0.39, 0.29) is 12.5 Å². The fraction of sp³-hybridized carbons (Fsp3) is 0.778. The zero-order valence-corrected chi connectivity index (χ0v) is 8.62. The van der Waals surface area contributed by atoms with E-state index in [2.05, 4.69) is 15.4 Å². The lowest BCUT2D eigenvalue weighted by Crippen LogP contribution is -2.34. The Morgan fingerprint density at radius 3 is 2.93 bits per heavy atom. The van der Waals surface area contributed by atoms with Gasteiger partial charge in [0.15, 0.2) is 0 Å². The van der Waals surface area contributed by atoms with Gasteiger partial charge in [0, 0.05) is 12.5 Å². The predicted octanol–water partition coefficient (Wildman–Crippen LogP) is -0.660. The summed E-state index contributed by atoms with van der Waals surface area (Å²) in [6, 6.07) is 0.294. The van der Waals surface area contributed by atoms with Gasteiger partial charge in [-0.25, -0.2) is 4.79 Å². The van der Waals surface area contributed by atoms with Crippen molar-refractivity contribution in [3.63, 3.8) is 0 Å². The minimum absolute atomic E-state index is 0.0255. The Kier molecular flexibility index (Phi) is 4.89. The minimum Gasteiger partial charge on any atom is -0.448 e. The molecule has 1 heterocycles. The van der Waals surface area contributed by atoms with E-state index < -0.39 is 6.09 Å². The monoisotopic (exact) mass is 215 g/mol. The van der Waals surface area contributed by atoms with E-state index in [1.54, 1.807) is 0 Å². The van der Waals surface area contributed by atoms with Gasteiger partial charge in [-0.05, 0) is 19.4 Å². The quantitative estimate of drug-likeness (QED) is 0.531. The Balaban J connectivity index is 2.00. The standard InChI is InChI=1S/C9H17N3O3/c10-9(14)15-5-4-12-8(13)6-7-2-1-3-11-7/h7,11H,1-6H2,(H2,10,14)(H,12,13). The Morgan fingerprint density at radius 2 is 2.33 bits per heavy atom. The van der Waals surface area contributed by atoms with Crippen LogP contribution < -0.4 is 16.4 Å². The molecule has 0 spiro atoms. The number of rotatable bonds is 5. The van der Waals surface area contributed by atoms with Crippen LogP contribution in [0.4, 0.5) is 4.79 Å². The number of nitrogens with two attached hydrogens (primary N) is 1. The molecule has 1 atom stereocenters. The van der Waals surface area contributed by atoms with E-state index in [1.807, 2.05) is 0 Å². The van der Waals surface area contributed by atoms with Crippen molar-refractivity contribution in [2.75, 3.05) is 19.7 Å². The smallest absolute Gasteiger partial charge is 0.404 e. The molecule has 1 aliphatic heterocycles. The molecule has 0 aromatic carbocycles. The highest BCUT2D eigenvalue weighted by atomic mass is 16.5. The molecule has 6 heteroatoms. The molecule has 0 aromatic rings. The topological polar surface area (TPSA) is 93.5 Å². The lowest BCUT2D eigenvalue weighted by molar-refractivity contribution is -0.121. The first-order valence-corrected chi connectivity index (χ1v) is 5.11. The van der Waals surface area contributed by atoms with Gasteiger partial charge in [-0.1, -0.05) is 0 Å². The zero-order valence-electron chi connectivity index (χ0n) is 8.62.